The van der Waals surface area contributed by atoms with Gasteiger partial charge >= 0.3 is 5.97 Å². The summed E-state index contributed by atoms with van der Waals surface area (Å²) < 4.78 is 40.8. The Hall–Kier alpha value is -3.46. The molecule has 0 amide bonds. The SMILES string of the molecule is O=C(O)c1cc(NS(=O)(=O)c2cccc(F)c2)cnc1N1CCC(Cc2ccccc2)CC1. The van der Waals surface area contributed by atoms with Gasteiger partial charge in [-0.25, -0.2) is 22.6 Å². The molecule has 0 unspecified atom stereocenters. The predicted molar refractivity (Wildman–Crippen MR) is 123 cm³/mol. The summed E-state index contributed by atoms with van der Waals surface area (Å²) in [5, 5.41) is 9.73. The van der Waals surface area contributed by atoms with Crippen molar-refractivity contribution in [2.75, 3.05) is 22.7 Å². The molecule has 0 radical (unpaired) electrons. The minimum absolute atomic E-state index is 0.000579. The van der Waals surface area contributed by atoms with E-state index in [1.165, 1.54) is 30.0 Å². The Morgan fingerprint density at radius 2 is 1.82 bits per heavy atom. The normalized spacial score (nSPS) is 14.8. The summed E-state index contributed by atoms with van der Waals surface area (Å²) in [6, 6.07) is 16.1. The molecule has 1 saturated heterocycles. The zero-order valence-electron chi connectivity index (χ0n) is 17.8. The molecule has 33 heavy (non-hydrogen) atoms. The monoisotopic (exact) mass is 469 g/mol. The van der Waals surface area contributed by atoms with Gasteiger partial charge in [0, 0.05) is 13.1 Å². The lowest BCUT2D eigenvalue weighted by Crippen LogP contribution is -2.36. The van der Waals surface area contributed by atoms with Crippen molar-refractivity contribution in [3.63, 3.8) is 0 Å². The zero-order chi connectivity index (χ0) is 23.4. The molecular formula is C24H24FN3O4S. The van der Waals surface area contributed by atoms with Crippen LogP contribution in [0.5, 0.6) is 0 Å². The number of hydrogen-bond donors (Lipinski definition) is 2. The van der Waals surface area contributed by atoms with Crippen LogP contribution < -0.4 is 9.62 Å². The number of piperidine rings is 1. The number of sulfonamides is 1. The quantitative estimate of drug-likeness (QED) is 0.539. The largest absolute Gasteiger partial charge is 0.478 e. The summed E-state index contributed by atoms with van der Waals surface area (Å²) in [7, 11) is -4.09. The number of carboxylic acids is 1. The highest BCUT2D eigenvalue weighted by molar-refractivity contribution is 7.92. The molecule has 172 valence electrons. The summed E-state index contributed by atoms with van der Waals surface area (Å²) in [6.45, 7) is 1.33. The fourth-order valence-corrected chi connectivity index (χ4v) is 5.13. The molecule has 7 nitrogen and oxygen atoms in total. The maximum Gasteiger partial charge on any atom is 0.339 e. The van der Waals surface area contributed by atoms with Gasteiger partial charge in [0.25, 0.3) is 10.0 Å². The summed E-state index contributed by atoms with van der Waals surface area (Å²) >= 11 is 0. The van der Waals surface area contributed by atoms with Gasteiger partial charge in [0.1, 0.15) is 17.2 Å². The number of nitrogens with one attached hydrogen (secondary N) is 1. The second-order valence-electron chi connectivity index (χ2n) is 8.08. The van der Waals surface area contributed by atoms with E-state index in [0.717, 1.165) is 31.4 Å². The highest BCUT2D eigenvalue weighted by Gasteiger charge is 2.25. The molecule has 1 aliphatic rings. The van der Waals surface area contributed by atoms with E-state index in [2.05, 4.69) is 21.8 Å². The minimum Gasteiger partial charge on any atom is -0.478 e. The number of carboxylic acid groups (broad SMARTS) is 1. The molecular weight excluding hydrogens is 445 g/mol. The highest BCUT2D eigenvalue weighted by atomic mass is 32.2. The number of carbonyl (C=O) groups is 1. The van der Waals surface area contributed by atoms with Gasteiger partial charge in [-0.1, -0.05) is 36.4 Å². The molecule has 0 aliphatic carbocycles. The van der Waals surface area contributed by atoms with E-state index >= 15 is 0 Å². The number of halogens is 1. The first-order chi connectivity index (χ1) is 15.8. The van der Waals surface area contributed by atoms with Crippen molar-refractivity contribution in [3.05, 3.63) is 83.8 Å². The third-order valence-electron chi connectivity index (χ3n) is 5.74. The maximum atomic E-state index is 13.4. The fourth-order valence-electron chi connectivity index (χ4n) is 4.07. The van der Waals surface area contributed by atoms with E-state index < -0.39 is 21.8 Å². The van der Waals surface area contributed by atoms with E-state index in [0.29, 0.717) is 24.8 Å². The highest BCUT2D eigenvalue weighted by Crippen LogP contribution is 2.29. The van der Waals surface area contributed by atoms with Gasteiger partial charge in [-0.15, -0.1) is 0 Å². The molecule has 1 aliphatic heterocycles. The molecule has 9 heteroatoms. The van der Waals surface area contributed by atoms with Crippen LogP contribution in [0.15, 0.2) is 71.8 Å². The van der Waals surface area contributed by atoms with Crippen LogP contribution in [-0.2, 0) is 16.4 Å². The third-order valence-corrected chi connectivity index (χ3v) is 7.12. The van der Waals surface area contributed by atoms with Gasteiger partial charge in [-0.3, -0.25) is 4.72 Å². The maximum absolute atomic E-state index is 13.4. The second kappa shape index (κ2) is 9.58. The molecule has 2 aromatic carbocycles. The van der Waals surface area contributed by atoms with Crippen molar-refractivity contribution in [3.8, 4) is 0 Å². The first-order valence-corrected chi connectivity index (χ1v) is 12.1. The predicted octanol–water partition coefficient (Wildman–Crippen LogP) is 4.18. The van der Waals surface area contributed by atoms with Gasteiger partial charge in [0.15, 0.2) is 0 Å². The van der Waals surface area contributed by atoms with E-state index in [4.69, 9.17) is 0 Å². The lowest BCUT2D eigenvalue weighted by Gasteiger charge is -2.33. The van der Waals surface area contributed by atoms with Crippen molar-refractivity contribution in [2.45, 2.75) is 24.2 Å². The summed E-state index contributed by atoms with van der Waals surface area (Å²) in [5.41, 5.74) is 1.20. The van der Waals surface area contributed by atoms with Crippen LogP contribution in [0.3, 0.4) is 0 Å². The number of nitrogens with zero attached hydrogens (tertiary/aromatic N) is 2. The van der Waals surface area contributed by atoms with Crippen molar-refractivity contribution >= 4 is 27.5 Å². The van der Waals surface area contributed by atoms with E-state index in [9.17, 15) is 22.7 Å². The van der Waals surface area contributed by atoms with Gasteiger partial charge in [0.05, 0.1) is 16.8 Å². The van der Waals surface area contributed by atoms with Gasteiger partial charge in [-0.05, 0) is 55.0 Å². The van der Waals surface area contributed by atoms with E-state index in [-0.39, 0.29) is 16.1 Å². The molecule has 0 saturated carbocycles. The molecule has 4 rings (SSSR count). The average molecular weight is 470 g/mol. The summed E-state index contributed by atoms with van der Waals surface area (Å²) in [4.78, 5) is 17.8. The van der Waals surface area contributed by atoms with Crippen molar-refractivity contribution in [2.24, 2.45) is 5.92 Å². The minimum atomic E-state index is -4.09. The number of aromatic nitrogens is 1. The Kier molecular flexibility index (Phi) is 6.60. The molecule has 0 atom stereocenters. The number of aromatic carboxylic acids is 1. The van der Waals surface area contributed by atoms with Crippen molar-refractivity contribution in [1.82, 2.24) is 4.98 Å². The molecule has 2 N–H and O–H groups in total. The van der Waals surface area contributed by atoms with Crippen LogP contribution >= 0.6 is 0 Å². The number of pyridine rings is 1. The zero-order valence-corrected chi connectivity index (χ0v) is 18.6. The van der Waals surface area contributed by atoms with Crippen LogP contribution in [0.2, 0.25) is 0 Å². The lowest BCUT2D eigenvalue weighted by atomic mass is 9.90. The smallest absolute Gasteiger partial charge is 0.339 e. The molecule has 3 aromatic rings. The Morgan fingerprint density at radius 1 is 1.09 bits per heavy atom. The Bertz CT molecular complexity index is 1240. The molecule has 0 spiro atoms. The van der Waals surface area contributed by atoms with Crippen LogP contribution in [0, 0.1) is 11.7 Å². The van der Waals surface area contributed by atoms with Crippen LogP contribution in [0.25, 0.3) is 0 Å². The first kappa shape index (κ1) is 22.7. The van der Waals surface area contributed by atoms with Gasteiger partial charge < -0.3 is 10.0 Å². The second-order valence-corrected chi connectivity index (χ2v) is 9.77. The first-order valence-electron chi connectivity index (χ1n) is 10.6. The molecule has 2 heterocycles. The number of anilines is 2. The summed E-state index contributed by atoms with van der Waals surface area (Å²) in [5.74, 6) is -1.06. The Balaban J connectivity index is 1.48. The fraction of sp³-hybridized carbons (Fsp3) is 0.250. The number of benzene rings is 2. The van der Waals surface area contributed by atoms with Crippen LogP contribution in [-0.4, -0.2) is 37.6 Å². The Labute approximate surface area is 192 Å². The van der Waals surface area contributed by atoms with Crippen molar-refractivity contribution in [1.29, 1.82) is 0 Å². The van der Waals surface area contributed by atoms with E-state index in [1.54, 1.807) is 0 Å². The van der Waals surface area contributed by atoms with Crippen LogP contribution in [0.4, 0.5) is 15.9 Å². The molecule has 0 bridgehead atoms. The topological polar surface area (TPSA) is 99.6 Å². The van der Waals surface area contributed by atoms with E-state index in [1.807, 2.05) is 23.1 Å². The van der Waals surface area contributed by atoms with Gasteiger partial charge in [0.2, 0.25) is 0 Å². The van der Waals surface area contributed by atoms with Crippen LogP contribution in [0.1, 0.15) is 28.8 Å². The molecule has 1 aromatic heterocycles. The lowest BCUT2D eigenvalue weighted by molar-refractivity contribution is 0.0697. The number of rotatable bonds is 7. The average Bonchev–Trinajstić information content (AvgIpc) is 2.80. The van der Waals surface area contributed by atoms with Crippen molar-refractivity contribution < 1.29 is 22.7 Å². The summed E-state index contributed by atoms with van der Waals surface area (Å²) in [6.07, 6.45) is 4.08. The van der Waals surface area contributed by atoms with Gasteiger partial charge in [-0.2, -0.15) is 0 Å². The third kappa shape index (κ3) is 5.48. The number of hydrogen-bond acceptors (Lipinski definition) is 5. The molecule has 1 fully saturated rings. The standard InChI is InChI=1S/C24H24FN3O4S/c25-19-7-4-8-21(14-19)33(31,32)27-20-15-22(24(29)30)23(26-16-20)28-11-9-18(10-12-28)13-17-5-2-1-3-6-17/h1-8,14-16,18,27H,9-13H2,(H,29,30). The Morgan fingerprint density at radius 3 is 2.48 bits per heavy atom.